The first-order valence-corrected chi connectivity index (χ1v) is 20.3. The summed E-state index contributed by atoms with van der Waals surface area (Å²) >= 11 is 0. The Labute approximate surface area is 345 Å². The zero-order valence-corrected chi connectivity index (χ0v) is 34.1. The lowest BCUT2D eigenvalue weighted by Crippen LogP contribution is -2.54. The highest BCUT2D eigenvalue weighted by molar-refractivity contribution is 5.89. The van der Waals surface area contributed by atoms with Gasteiger partial charge in [-0.15, -0.1) is 0 Å². The molecule has 8 rings (SSSR count). The van der Waals surface area contributed by atoms with Crippen LogP contribution in [0.15, 0.2) is 60.8 Å². The molecule has 5 aromatic rings. The topological polar surface area (TPSA) is 175 Å². The number of likely N-dealkylation sites (tertiary alicyclic amines) is 1. The van der Waals surface area contributed by atoms with Gasteiger partial charge in [0.25, 0.3) is 5.92 Å². The van der Waals surface area contributed by atoms with Gasteiger partial charge in [-0.05, 0) is 84.0 Å². The van der Waals surface area contributed by atoms with Crippen LogP contribution in [0.1, 0.15) is 75.3 Å². The number of hydrogen-bond acceptors (Lipinski definition) is 8. The normalized spacial score (nSPS) is 18.9. The van der Waals surface area contributed by atoms with Crippen LogP contribution in [-0.4, -0.2) is 93.1 Å². The third kappa shape index (κ3) is 7.32. The van der Waals surface area contributed by atoms with Crippen LogP contribution in [0.2, 0.25) is 0 Å². The van der Waals surface area contributed by atoms with Crippen molar-refractivity contribution >= 4 is 35.0 Å². The van der Waals surface area contributed by atoms with Gasteiger partial charge in [0.2, 0.25) is 11.8 Å². The highest BCUT2D eigenvalue weighted by atomic mass is 19.3. The lowest BCUT2D eigenvalue weighted by Gasteiger charge is -2.37. The van der Waals surface area contributed by atoms with Crippen molar-refractivity contribution in [3.05, 3.63) is 83.6 Å². The molecule has 0 radical (unpaired) electrons. The van der Waals surface area contributed by atoms with Crippen LogP contribution >= 0.6 is 0 Å². The summed E-state index contributed by atoms with van der Waals surface area (Å²) in [6, 6.07) is 14.7. The number of aromatic nitrogens is 4. The van der Waals surface area contributed by atoms with E-state index in [0.717, 1.165) is 30.3 Å². The molecule has 1 saturated carbocycles. The average Bonchev–Trinajstić information content (AvgIpc) is 4.10. The third-order valence-corrected chi connectivity index (χ3v) is 12.0. The number of alkyl halides is 2. The fourth-order valence-electron chi connectivity index (χ4n) is 9.10. The van der Waals surface area contributed by atoms with Gasteiger partial charge in [-0.1, -0.05) is 51.1 Å². The van der Waals surface area contributed by atoms with E-state index < -0.39 is 24.2 Å². The highest BCUT2D eigenvalue weighted by Gasteiger charge is 2.51. The van der Waals surface area contributed by atoms with E-state index in [9.17, 15) is 19.2 Å². The predicted octanol–water partition coefficient (Wildman–Crippen LogP) is 7.27. The molecule has 1 aliphatic heterocycles. The van der Waals surface area contributed by atoms with Crippen LogP contribution in [0.4, 0.5) is 18.4 Å². The standard InChI is InChI=1S/C44H48F2N8O6/c1-6-15-53(37(55)21-48-42(57)59-4)22-36-47-20-35(49-36)26-9-13-30-29-12-8-24(17-31(29)44(45,46)32(30)18-26)25-10-14-33-34(19-25)51-40(50-33)39-27-7-11-28(16-27)54(39)41(56)38(23(2)3)52-43(58)60-5/h8-10,12-14,17-20,23,27-28,38-39H,6-7,11,15-16,21-22H2,1-5H3,(H,47,49)(H,48,57)(H,50,51)(H,52,58). The zero-order valence-electron chi connectivity index (χ0n) is 34.1. The number of H-pyrrole nitrogens is 2. The maximum atomic E-state index is 16.4. The van der Waals surface area contributed by atoms with Gasteiger partial charge in [0.15, 0.2) is 0 Å². The Bertz CT molecular complexity index is 2480. The Kier molecular flexibility index (Phi) is 10.8. The minimum absolute atomic E-state index is 0.0463. The number of alkyl carbamates (subject to hydrolysis) is 2. The molecular weight excluding hydrogens is 775 g/mol. The lowest BCUT2D eigenvalue weighted by atomic mass is 9.95. The van der Waals surface area contributed by atoms with Crippen molar-refractivity contribution in [1.82, 2.24) is 40.4 Å². The molecule has 2 aromatic heterocycles. The number of methoxy groups -OCH3 is 2. The Balaban J connectivity index is 1.02. The molecule has 14 nitrogen and oxygen atoms in total. The SMILES string of the molecule is CCCN(Cc1ncc(-c2ccc3c(c2)C(F)(F)c2cc(-c4ccc5nc(C6C7CCC(C7)N6C(=O)C(NC(=O)OC)C(C)C)[nH]c5c4)ccc2-3)[nH]1)C(=O)CNC(=O)OC. The number of piperidine rings is 1. The highest BCUT2D eigenvalue weighted by Crippen LogP contribution is 2.53. The second-order valence-corrected chi connectivity index (χ2v) is 16.1. The number of hydrogen-bond donors (Lipinski definition) is 4. The van der Waals surface area contributed by atoms with E-state index in [2.05, 4.69) is 30.3 Å². The van der Waals surface area contributed by atoms with Gasteiger partial charge in [0.1, 0.15) is 24.2 Å². The Morgan fingerprint density at radius 3 is 2.32 bits per heavy atom. The number of carbonyl (C=O) groups is 4. The van der Waals surface area contributed by atoms with Gasteiger partial charge in [-0.2, -0.15) is 8.78 Å². The van der Waals surface area contributed by atoms with Gasteiger partial charge in [0.05, 0.1) is 49.7 Å². The Morgan fingerprint density at radius 2 is 1.62 bits per heavy atom. The molecule has 3 aromatic carbocycles. The van der Waals surface area contributed by atoms with E-state index >= 15 is 8.78 Å². The molecule has 16 heteroatoms. The molecule has 4 N–H and O–H groups in total. The monoisotopic (exact) mass is 822 g/mol. The molecule has 2 aliphatic carbocycles. The van der Waals surface area contributed by atoms with E-state index in [1.165, 1.54) is 20.3 Å². The summed E-state index contributed by atoms with van der Waals surface area (Å²) in [5, 5.41) is 5.12. The molecule has 314 valence electrons. The fourth-order valence-corrected chi connectivity index (χ4v) is 9.10. The number of amides is 4. The van der Waals surface area contributed by atoms with Crippen LogP contribution in [0.5, 0.6) is 0 Å². The molecule has 0 spiro atoms. The molecule has 4 amide bonds. The van der Waals surface area contributed by atoms with Crippen molar-refractivity contribution in [3.63, 3.8) is 0 Å². The van der Waals surface area contributed by atoms with Crippen LogP contribution < -0.4 is 10.6 Å². The Morgan fingerprint density at radius 1 is 0.933 bits per heavy atom. The molecule has 2 fully saturated rings. The van der Waals surface area contributed by atoms with Crippen molar-refractivity contribution < 1.29 is 37.4 Å². The van der Waals surface area contributed by atoms with E-state index in [1.54, 1.807) is 35.4 Å². The molecule has 4 atom stereocenters. The summed E-state index contributed by atoms with van der Waals surface area (Å²) < 4.78 is 42.2. The molecule has 1 saturated heterocycles. The molecule has 60 heavy (non-hydrogen) atoms. The summed E-state index contributed by atoms with van der Waals surface area (Å²) in [5.41, 5.74) is 4.54. The predicted molar refractivity (Wildman–Crippen MR) is 219 cm³/mol. The summed E-state index contributed by atoms with van der Waals surface area (Å²) in [7, 11) is 2.49. The van der Waals surface area contributed by atoms with Gasteiger partial charge in [0, 0.05) is 29.3 Å². The second kappa shape index (κ2) is 16.0. The first-order valence-electron chi connectivity index (χ1n) is 20.3. The molecule has 4 unspecified atom stereocenters. The number of nitrogens with one attached hydrogen (secondary N) is 4. The number of rotatable bonds is 12. The van der Waals surface area contributed by atoms with Crippen molar-refractivity contribution in [3.8, 4) is 33.5 Å². The summed E-state index contributed by atoms with van der Waals surface area (Å²) in [4.78, 5) is 69.9. The van der Waals surface area contributed by atoms with Crippen LogP contribution in [0, 0.1) is 11.8 Å². The van der Waals surface area contributed by atoms with Gasteiger partial charge >= 0.3 is 12.2 Å². The minimum atomic E-state index is -3.28. The molecule has 3 heterocycles. The average molecular weight is 823 g/mol. The third-order valence-electron chi connectivity index (χ3n) is 12.0. The van der Waals surface area contributed by atoms with Crippen molar-refractivity contribution in [2.45, 2.75) is 77.0 Å². The van der Waals surface area contributed by atoms with Gasteiger partial charge in [-0.3, -0.25) is 9.59 Å². The van der Waals surface area contributed by atoms with Crippen LogP contribution in [-0.2, 0) is 31.5 Å². The molecule has 3 aliphatic rings. The van der Waals surface area contributed by atoms with Crippen molar-refractivity contribution in [2.75, 3.05) is 27.3 Å². The number of nitrogens with zero attached hydrogens (tertiary/aromatic N) is 4. The first-order chi connectivity index (χ1) is 28.8. The number of imidazole rings is 2. The number of halogens is 2. The first kappa shape index (κ1) is 40.5. The zero-order chi connectivity index (χ0) is 42.5. The number of ether oxygens (including phenoxy) is 2. The fraction of sp³-hybridized carbons (Fsp3) is 0.409. The number of fused-ring (bicyclic) bond motifs is 6. The summed E-state index contributed by atoms with van der Waals surface area (Å²) in [6.07, 6.45) is 3.59. The minimum Gasteiger partial charge on any atom is -0.453 e. The second-order valence-electron chi connectivity index (χ2n) is 16.1. The lowest BCUT2D eigenvalue weighted by molar-refractivity contribution is -0.139. The Hall–Kier alpha value is -6.32. The van der Waals surface area contributed by atoms with Crippen molar-refractivity contribution in [2.24, 2.45) is 11.8 Å². The van der Waals surface area contributed by atoms with Crippen molar-refractivity contribution in [1.29, 1.82) is 0 Å². The summed E-state index contributed by atoms with van der Waals surface area (Å²) in [6.45, 7) is 6.05. The number of carbonyl (C=O) groups excluding carboxylic acids is 4. The van der Waals surface area contributed by atoms with E-state index in [-0.39, 0.29) is 60.0 Å². The van der Waals surface area contributed by atoms with Gasteiger partial charge < -0.3 is 39.9 Å². The molecule has 2 bridgehead atoms. The summed E-state index contributed by atoms with van der Waals surface area (Å²) in [5.74, 6) is -2.56. The number of benzene rings is 3. The van der Waals surface area contributed by atoms with E-state index in [4.69, 9.17) is 9.72 Å². The quantitative estimate of drug-likeness (QED) is 0.102. The van der Waals surface area contributed by atoms with E-state index in [1.807, 2.05) is 49.9 Å². The molecular formula is C44H48F2N8O6. The number of aromatic amines is 2. The largest absolute Gasteiger partial charge is 0.453 e. The maximum Gasteiger partial charge on any atom is 0.407 e. The van der Waals surface area contributed by atoms with Crippen LogP contribution in [0.25, 0.3) is 44.5 Å². The smallest absolute Gasteiger partial charge is 0.407 e. The maximum absolute atomic E-state index is 16.4. The van der Waals surface area contributed by atoms with Gasteiger partial charge in [-0.25, -0.2) is 19.6 Å². The van der Waals surface area contributed by atoms with E-state index in [0.29, 0.717) is 58.1 Å². The van der Waals surface area contributed by atoms with Crippen LogP contribution in [0.3, 0.4) is 0 Å².